The van der Waals surface area contributed by atoms with Crippen LogP contribution in [0.25, 0.3) is 0 Å². The Labute approximate surface area is 115 Å². The van der Waals surface area contributed by atoms with Crippen molar-refractivity contribution in [2.45, 2.75) is 38.0 Å². The highest BCUT2D eigenvalue weighted by Crippen LogP contribution is 2.31. The van der Waals surface area contributed by atoms with E-state index in [0.29, 0.717) is 29.6 Å². The van der Waals surface area contributed by atoms with E-state index in [1.165, 1.54) is 12.8 Å². The van der Waals surface area contributed by atoms with Gasteiger partial charge in [-0.25, -0.2) is 13.1 Å². The summed E-state index contributed by atoms with van der Waals surface area (Å²) >= 11 is 0. The highest BCUT2D eigenvalue weighted by molar-refractivity contribution is 7.89. The van der Waals surface area contributed by atoms with Gasteiger partial charge in [-0.05, 0) is 42.9 Å². The third kappa shape index (κ3) is 3.09. The van der Waals surface area contributed by atoms with Gasteiger partial charge in [-0.2, -0.15) is 0 Å². The summed E-state index contributed by atoms with van der Waals surface area (Å²) in [5.74, 6) is 1.06. The Morgan fingerprint density at radius 1 is 1.37 bits per heavy atom. The van der Waals surface area contributed by atoms with Crippen LogP contribution in [0.3, 0.4) is 0 Å². The first kappa shape index (κ1) is 14.3. The minimum absolute atomic E-state index is 0.290. The molecule has 2 unspecified atom stereocenters. The highest BCUT2D eigenvalue weighted by atomic mass is 32.2. The van der Waals surface area contributed by atoms with Crippen molar-refractivity contribution in [2.24, 2.45) is 11.8 Å². The molecule has 1 fully saturated rings. The molecular formula is C14H22N2O2S. The minimum atomic E-state index is -3.45. The maximum atomic E-state index is 12.3. The summed E-state index contributed by atoms with van der Waals surface area (Å²) in [4.78, 5) is 0.290. The summed E-state index contributed by atoms with van der Waals surface area (Å²) in [5, 5.41) is 0. The van der Waals surface area contributed by atoms with Crippen LogP contribution in [0.2, 0.25) is 0 Å². The van der Waals surface area contributed by atoms with Crippen LogP contribution in [0.5, 0.6) is 0 Å². The Morgan fingerprint density at radius 3 is 2.74 bits per heavy atom. The van der Waals surface area contributed by atoms with Gasteiger partial charge in [0, 0.05) is 12.2 Å². The van der Waals surface area contributed by atoms with Crippen molar-refractivity contribution in [3.05, 3.63) is 23.8 Å². The SMILES string of the molecule is Cc1c(N)cccc1S(=O)(=O)NCC1CCCC1C. The van der Waals surface area contributed by atoms with Gasteiger partial charge in [0.2, 0.25) is 10.0 Å². The highest BCUT2D eigenvalue weighted by Gasteiger charge is 2.26. The second-order valence-corrected chi connectivity index (χ2v) is 7.23. The van der Waals surface area contributed by atoms with Crippen molar-refractivity contribution in [2.75, 3.05) is 12.3 Å². The van der Waals surface area contributed by atoms with Crippen LogP contribution >= 0.6 is 0 Å². The summed E-state index contributed by atoms with van der Waals surface area (Å²) in [6.45, 7) is 4.46. The number of rotatable bonds is 4. The molecule has 19 heavy (non-hydrogen) atoms. The summed E-state index contributed by atoms with van der Waals surface area (Å²) in [6, 6.07) is 4.99. The van der Waals surface area contributed by atoms with Gasteiger partial charge in [-0.3, -0.25) is 0 Å². The second-order valence-electron chi connectivity index (χ2n) is 5.49. The van der Waals surface area contributed by atoms with Crippen LogP contribution in [-0.2, 0) is 10.0 Å². The maximum absolute atomic E-state index is 12.3. The lowest BCUT2D eigenvalue weighted by atomic mass is 9.99. The summed E-state index contributed by atoms with van der Waals surface area (Å²) < 4.78 is 27.3. The fourth-order valence-electron chi connectivity index (χ4n) is 2.74. The Kier molecular flexibility index (Phi) is 4.16. The molecule has 0 radical (unpaired) electrons. The number of nitrogens with two attached hydrogens (primary N) is 1. The average Bonchev–Trinajstić information content (AvgIpc) is 2.76. The first-order valence-corrected chi connectivity index (χ1v) is 8.25. The van der Waals surface area contributed by atoms with E-state index in [0.717, 1.165) is 6.42 Å². The van der Waals surface area contributed by atoms with Crippen molar-refractivity contribution in [3.63, 3.8) is 0 Å². The van der Waals surface area contributed by atoms with Gasteiger partial charge in [0.05, 0.1) is 4.90 Å². The number of hydrogen-bond donors (Lipinski definition) is 2. The smallest absolute Gasteiger partial charge is 0.240 e. The molecule has 1 aliphatic carbocycles. The Bertz CT molecular complexity index is 555. The molecule has 1 saturated carbocycles. The van der Waals surface area contributed by atoms with Crippen molar-refractivity contribution in [1.82, 2.24) is 4.72 Å². The molecule has 2 atom stereocenters. The zero-order chi connectivity index (χ0) is 14.0. The molecule has 0 heterocycles. The van der Waals surface area contributed by atoms with Crippen LogP contribution in [0.4, 0.5) is 5.69 Å². The normalized spacial score (nSPS) is 23.7. The molecule has 106 valence electrons. The van der Waals surface area contributed by atoms with Gasteiger partial charge >= 0.3 is 0 Å². The Hall–Kier alpha value is -1.07. The molecule has 2 rings (SSSR count). The first-order valence-electron chi connectivity index (χ1n) is 6.76. The lowest BCUT2D eigenvalue weighted by molar-refractivity contribution is 0.414. The predicted molar refractivity (Wildman–Crippen MR) is 77.3 cm³/mol. The van der Waals surface area contributed by atoms with Crippen molar-refractivity contribution in [3.8, 4) is 0 Å². The van der Waals surface area contributed by atoms with E-state index in [2.05, 4.69) is 11.6 Å². The molecule has 0 aromatic heterocycles. The molecule has 4 nitrogen and oxygen atoms in total. The van der Waals surface area contributed by atoms with Gasteiger partial charge < -0.3 is 5.73 Å². The van der Waals surface area contributed by atoms with Gasteiger partial charge in [-0.15, -0.1) is 0 Å². The summed E-state index contributed by atoms with van der Waals surface area (Å²) in [7, 11) is -3.45. The third-order valence-corrected chi connectivity index (χ3v) is 5.76. The lowest BCUT2D eigenvalue weighted by Crippen LogP contribution is -2.30. The molecule has 1 aromatic rings. The molecule has 1 aliphatic rings. The average molecular weight is 282 g/mol. The van der Waals surface area contributed by atoms with E-state index in [-0.39, 0.29) is 4.90 Å². The second kappa shape index (κ2) is 5.51. The Morgan fingerprint density at radius 2 is 2.11 bits per heavy atom. The monoisotopic (exact) mass is 282 g/mol. The molecule has 0 aliphatic heterocycles. The largest absolute Gasteiger partial charge is 0.398 e. The lowest BCUT2D eigenvalue weighted by Gasteiger charge is -2.17. The number of anilines is 1. The van der Waals surface area contributed by atoms with Crippen LogP contribution in [-0.4, -0.2) is 15.0 Å². The van der Waals surface area contributed by atoms with Gasteiger partial charge in [0.1, 0.15) is 0 Å². The predicted octanol–water partition coefficient (Wildman–Crippen LogP) is 2.29. The maximum Gasteiger partial charge on any atom is 0.240 e. The van der Waals surface area contributed by atoms with E-state index in [4.69, 9.17) is 5.73 Å². The van der Waals surface area contributed by atoms with Crippen LogP contribution in [0.1, 0.15) is 31.7 Å². The fraction of sp³-hybridized carbons (Fsp3) is 0.571. The molecule has 3 N–H and O–H groups in total. The number of hydrogen-bond acceptors (Lipinski definition) is 3. The van der Waals surface area contributed by atoms with E-state index in [9.17, 15) is 8.42 Å². The molecule has 0 amide bonds. The van der Waals surface area contributed by atoms with E-state index < -0.39 is 10.0 Å². The van der Waals surface area contributed by atoms with Crippen molar-refractivity contribution in [1.29, 1.82) is 0 Å². The topological polar surface area (TPSA) is 72.2 Å². The number of benzene rings is 1. The fourth-order valence-corrected chi connectivity index (χ4v) is 4.11. The third-order valence-electron chi connectivity index (χ3n) is 4.19. The van der Waals surface area contributed by atoms with Gasteiger partial charge in [-0.1, -0.05) is 25.8 Å². The van der Waals surface area contributed by atoms with Gasteiger partial charge in [0.15, 0.2) is 0 Å². The molecule has 0 bridgehead atoms. The quantitative estimate of drug-likeness (QED) is 0.832. The van der Waals surface area contributed by atoms with Crippen molar-refractivity contribution >= 4 is 15.7 Å². The van der Waals surface area contributed by atoms with E-state index in [1.54, 1.807) is 25.1 Å². The summed E-state index contributed by atoms with van der Waals surface area (Å²) in [6.07, 6.45) is 3.51. The molecule has 5 heteroatoms. The zero-order valence-corrected chi connectivity index (χ0v) is 12.3. The van der Waals surface area contributed by atoms with Crippen LogP contribution in [0.15, 0.2) is 23.1 Å². The molecule has 1 aromatic carbocycles. The number of nitrogens with one attached hydrogen (secondary N) is 1. The van der Waals surface area contributed by atoms with Crippen LogP contribution in [0, 0.1) is 18.8 Å². The number of sulfonamides is 1. The Balaban J connectivity index is 2.12. The van der Waals surface area contributed by atoms with Crippen molar-refractivity contribution < 1.29 is 8.42 Å². The summed E-state index contributed by atoms with van der Waals surface area (Å²) in [5.41, 5.74) is 6.90. The standard InChI is InChI=1S/C14H22N2O2S/c1-10-5-3-6-12(10)9-16-19(17,18)14-8-4-7-13(15)11(14)2/h4,7-8,10,12,16H,3,5-6,9,15H2,1-2H3. The number of nitrogen functional groups attached to an aromatic ring is 1. The minimum Gasteiger partial charge on any atom is -0.398 e. The molecule has 0 spiro atoms. The van der Waals surface area contributed by atoms with E-state index >= 15 is 0 Å². The van der Waals surface area contributed by atoms with Gasteiger partial charge in [0.25, 0.3) is 0 Å². The molecule has 0 saturated heterocycles. The van der Waals surface area contributed by atoms with Crippen LogP contribution < -0.4 is 10.5 Å². The van der Waals surface area contributed by atoms with E-state index in [1.807, 2.05) is 0 Å². The first-order chi connectivity index (χ1) is 8.92. The zero-order valence-electron chi connectivity index (χ0n) is 11.5. The molecular weight excluding hydrogens is 260 g/mol.